The fourth-order valence-corrected chi connectivity index (χ4v) is 3.62. The van der Waals surface area contributed by atoms with E-state index in [2.05, 4.69) is 37.4 Å². The maximum Gasteiger partial charge on any atom is 0.0991 e. The Kier molecular flexibility index (Phi) is 2.27. The Hall–Kier alpha value is -1.33. The van der Waals surface area contributed by atoms with Crippen LogP contribution in [0, 0.1) is 17.2 Å². The maximum atomic E-state index is 8.99. The molecule has 2 bridgehead atoms. The second-order valence-corrected chi connectivity index (χ2v) is 5.70. The molecule has 0 saturated carbocycles. The first-order chi connectivity index (χ1) is 8.15. The van der Waals surface area contributed by atoms with Gasteiger partial charge in [0.1, 0.15) is 0 Å². The predicted molar refractivity (Wildman–Crippen MR) is 67.8 cm³/mol. The van der Waals surface area contributed by atoms with Crippen LogP contribution in [-0.2, 0) is 11.8 Å². The van der Waals surface area contributed by atoms with E-state index in [0.29, 0.717) is 12.0 Å². The van der Waals surface area contributed by atoms with Crippen LogP contribution in [0.25, 0.3) is 0 Å². The summed E-state index contributed by atoms with van der Waals surface area (Å²) in [5.74, 6) is 0.677. The van der Waals surface area contributed by atoms with E-state index in [1.807, 2.05) is 6.07 Å². The quantitative estimate of drug-likeness (QED) is 0.737. The molecule has 1 heterocycles. The zero-order valence-corrected chi connectivity index (χ0v) is 10.5. The van der Waals surface area contributed by atoms with Crippen LogP contribution in [0.1, 0.15) is 37.0 Å². The molecule has 17 heavy (non-hydrogen) atoms. The Labute approximate surface area is 103 Å². The van der Waals surface area contributed by atoms with Gasteiger partial charge in [0.05, 0.1) is 11.6 Å². The van der Waals surface area contributed by atoms with Crippen molar-refractivity contribution < 1.29 is 0 Å². The summed E-state index contributed by atoms with van der Waals surface area (Å²) in [5.41, 5.74) is 3.93. The minimum atomic E-state index is 0.289. The first-order valence-corrected chi connectivity index (χ1v) is 6.42. The average Bonchev–Trinajstić information content (AvgIpc) is 2.32. The van der Waals surface area contributed by atoms with Gasteiger partial charge in [0.25, 0.3) is 0 Å². The van der Waals surface area contributed by atoms with Crippen molar-refractivity contribution in [2.75, 3.05) is 6.54 Å². The van der Waals surface area contributed by atoms with Crippen molar-refractivity contribution in [3.8, 4) is 6.07 Å². The molecular formula is C15H18N2. The lowest BCUT2D eigenvalue weighted by Crippen LogP contribution is -2.56. The van der Waals surface area contributed by atoms with Crippen molar-refractivity contribution in [3.63, 3.8) is 0 Å². The molecule has 0 radical (unpaired) electrons. The summed E-state index contributed by atoms with van der Waals surface area (Å²) in [6.45, 7) is 5.86. The Morgan fingerprint density at radius 2 is 2.29 bits per heavy atom. The third-order valence-corrected chi connectivity index (χ3v) is 4.95. The third-order valence-electron chi connectivity index (χ3n) is 4.95. The molecule has 3 atom stereocenters. The summed E-state index contributed by atoms with van der Waals surface area (Å²) in [6, 6.07) is 9.07. The average molecular weight is 226 g/mol. The van der Waals surface area contributed by atoms with Gasteiger partial charge in [0, 0.05) is 6.04 Å². The summed E-state index contributed by atoms with van der Waals surface area (Å²) < 4.78 is 0. The molecule has 3 rings (SSSR count). The third kappa shape index (κ3) is 1.42. The van der Waals surface area contributed by atoms with Gasteiger partial charge in [-0.15, -0.1) is 0 Å². The van der Waals surface area contributed by atoms with Crippen molar-refractivity contribution in [3.05, 3.63) is 34.9 Å². The van der Waals surface area contributed by atoms with Gasteiger partial charge in [0.15, 0.2) is 0 Å². The summed E-state index contributed by atoms with van der Waals surface area (Å²) >= 11 is 0. The van der Waals surface area contributed by atoms with Crippen LogP contribution in [0.5, 0.6) is 0 Å². The summed E-state index contributed by atoms with van der Waals surface area (Å²) in [4.78, 5) is 0. The first-order valence-electron chi connectivity index (χ1n) is 6.42. The molecule has 0 spiro atoms. The lowest BCUT2D eigenvalue weighted by atomic mass is 9.59. The molecule has 1 fully saturated rings. The molecule has 2 nitrogen and oxygen atoms in total. The van der Waals surface area contributed by atoms with Crippen LogP contribution in [-0.4, -0.2) is 12.6 Å². The van der Waals surface area contributed by atoms with E-state index in [0.717, 1.165) is 18.5 Å². The highest BCUT2D eigenvalue weighted by Gasteiger charge is 2.45. The zero-order chi connectivity index (χ0) is 12.0. The molecule has 2 aliphatic rings. The zero-order valence-electron chi connectivity index (χ0n) is 10.5. The standard InChI is InChI=1S/C15H18N2/c1-10-14-8-12-7-11(9-16)3-4-13(12)15(10,2)5-6-17-14/h3-4,7,10,14,17H,5-6,8H2,1-2H3/t10-,14+,15+/m0/s1. The Morgan fingerprint density at radius 3 is 3.06 bits per heavy atom. The number of nitrogens with one attached hydrogen (secondary N) is 1. The number of hydrogen-bond donors (Lipinski definition) is 1. The molecule has 1 aliphatic carbocycles. The Balaban J connectivity index is 2.16. The lowest BCUT2D eigenvalue weighted by Gasteiger charge is -2.50. The van der Waals surface area contributed by atoms with Gasteiger partial charge < -0.3 is 5.32 Å². The fraction of sp³-hybridized carbons (Fsp3) is 0.533. The van der Waals surface area contributed by atoms with E-state index in [4.69, 9.17) is 5.26 Å². The molecule has 1 saturated heterocycles. The minimum absolute atomic E-state index is 0.289. The highest BCUT2D eigenvalue weighted by molar-refractivity contribution is 5.45. The van der Waals surface area contributed by atoms with Gasteiger partial charge in [-0.05, 0) is 54.0 Å². The number of nitriles is 1. The van der Waals surface area contributed by atoms with Gasteiger partial charge in [-0.3, -0.25) is 0 Å². The normalized spacial score (nSPS) is 34.9. The number of benzene rings is 1. The molecule has 0 aromatic heterocycles. The van der Waals surface area contributed by atoms with Crippen LogP contribution in [0.3, 0.4) is 0 Å². The van der Waals surface area contributed by atoms with Crippen molar-refractivity contribution in [1.29, 1.82) is 5.26 Å². The monoisotopic (exact) mass is 226 g/mol. The lowest BCUT2D eigenvalue weighted by molar-refractivity contribution is 0.158. The van der Waals surface area contributed by atoms with Crippen LogP contribution in [0.4, 0.5) is 0 Å². The summed E-state index contributed by atoms with van der Waals surface area (Å²) in [7, 11) is 0. The van der Waals surface area contributed by atoms with Crippen LogP contribution in [0.2, 0.25) is 0 Å². The second kappa shape index (κ2) is 3.58. The number of piperidine rings is 1. The van der Waals surface area contributed by atoms with E-state index in [-0.39, 0.29) is 5.41 Å². The second-order valence-electron chi connectivity index (χ2n) is 5.70. The van der Waals surface area contributed by atoms with Crippen molar-refractivity contribution >= 4 is 0 Å². The molecule has 1 aromatic carbocycles. The smallest absolute Gasteiger partial charge is 0.0991 e. The van der Waals surface area contributed by atoms with Crippen molar-refractivity contribution in [2.24, 2.45) is 5.92 Å². The van der Waals surface area contributed by atoms with Crippen LogP contribution < -0.4 is 5.32 Å². The molecule has 1 aliphatic heterocycles. The Morgan fingerprint density at radius 1 is 1.47 bits per heavy atom. The predicted octanol–water partition coefficient (Wildman–Crippen LogP) is 2.37. The molecule has 0 amide bonds. The van der Waals surface area contributed by atoms with E-state index >= 15 is 0 Å². The van der Waals surface area contributed by atoms with Gasteiger partial charge in [-0.25, -0.2) is 0 Å². The van der Waals surface area contributed by atoms with E-state index in [9.17, 15) is 0 Å². The summed E-state index contributed by atoms with van der Waals surface area (Å²) in [5, 5.41) is 12.6. The van der Waals surface area contributed by atoms with Crippen molar-refractivity contribution in [2.45, 2.75) is 38.1 Å². The first kappa shape index (κ1) is 10.8. The number of nitrogens with zero attached hydrogens (tertiary/aromatic N) is 1. The molecule has 1 aromatic rings. The van der Waals surface area contributed by atoms with Gasteiger partial charge >= 0.3 is 0 Å². The molecule has 1 N–H and O–H groups in total. The van der Waals surface area contributed by atoms with Crippen molar-refractivity contribution in [1.82, 2.24) is 5.32 Å². The number of hydrogen-bond acceptors (Lipinski definition) is 2. The molecule has 2 heteroatoms. The largest absolute Gasteiger partial charge is 0.313 e. The summed E-state index contributed by atoms with van der Waals surface area (Å²) in [6.07, 6.45) is 2.27. The SMILES string of the molecule is C[C@H]1[C@H]2Cc3cc(C#N)ccc3[C@]1(C)CCN2. The molecular weight excluding hydrogens is 208 g/mol. The van der Waals surface area contributed by atoms with E-state index < -0.39 is 0 Å². The number of rotatable bonds is 0. The maximum absolute atomic E-state index is 8.99. The van der Waals surface area contributed by atoms with Gasteiger partial charge in [-0.1, -0.05) is 19.9 Å². The molecule has 88 valence electrons. The number of fused-ring (bicyclic) bond motifs is 4. The Bertz CT molecular complexity index is 500. The van der Waals surface area contributed by atoms with Gasteiger partial charge in [-0.2, -0.15) is 5.26 Å². The van der Waals surface area contributed by atoms with Crippen LogP contribution >= 0.6 is 0 Å². The molecule has 0 unspecified atom stereocenters. The van der Waals surface area contributed by atoms with Gasteiger partial charge in [0.2, 0.25) is 0 Å². The fourth-order valence-electron chi connectivity index (χ4n) is 3.62. The topological polar surface area (TPSA) is 35.8 Å². The highest BCUT2D eigenvalue weighted by atomic mass is 14.9. The van der Waals surface area contributed by atoms with E-state index in [1.54, 1.807) is 0 Å². The van der Waals surface area contributed by atoms with E-state index in [1.165, 1.54) is 17.5 Å². The minimum Gasteiger partial charge on any atom is -0.313 e. The van der Waals surface area contributed by atoms with Crippen LogP contribution in [0.15, 0.2) is 18.2 Å². The highest BCUT2D eigenvalue weighted by Crippen LogP contribution is 2.45.